The molecule has 0 N–H and O–H groups in total. The van der Waals surface area contributed by atoms with E-state index in [1.54, 1.807) is 0 Å². The van der Waals surface area contributed by atoms with Gasteiger partial charge in [-0.2, -0.15) is 5.26 Å². The summed E-state index contributed by atoms with van der Waals surface area (Å²) >= 11 is 0. The highest BCUT2D eigenvalue weighted by atomic mass is 28.5. The Bertz CT molecular complexity index is 917. The molecule has 0 heterocycles. The highest BCUT2D eigenvalue weighted by molar-refractivity contribution is 6.93. The first kappa shape index (κ1) is 25.9. The van der Waals surface area contributed by atoms with E-state index < -0.39 is 33.8 Å². The molecule has 168 valence electrons. The number of hydrogen-bond donors (Lipinski definition) is 0. The van der Waals surface area contributed by atoms with E-state index in [4.69, 9.17) is 17.6 Å². The van der Waals surface area contributed by atoms with E-state index in [1.165, 1.54) is 5.19 Å². The number of nitrogens with zero attached hydrogens (tertiary/aromatic N) is 1. The number of benzene rings is 2. The maximum atomic E-state index is 8.99. The zero-order valence-electron chi connectivity index (χ0n) is 20.5. The van der Waals surface area contributed by atoms with Gasteiger partial charge < -0.3 is 12.3 Å². The van der Waals surface area contributed by atoms with E-state index in [9.17, 15) is 0 Å². The van der Waals surface area contributed by atoms with E-state index in [0.717, 1.165) is 17.2 Å². The Labute approximate surface area is 192 Å². The number of rotatable bonds is 9. The molecule has 0 fully saturated rings. The van der Waals surface area contributed by atoms with Gasteiger partial charge in [0.25, 0.3) is 0 Å². The van der Waals surface area contributed by atoms with Crippen LogP contribution >= 0.6 is 0 Å². The molecule has 0 unspecified atom stereocenters. The van der Waals surface area contributed by atoms with Gasteiger partial charge in [0, 0.05) is 0 Å². The van der Waals surface area contributed by atoms with Crippen LogP contribution in [0.3, 0.4) is 0 Å². The highest BCUT2D eigenvalue weighted by Crippen LogP contribution is 2.26. The molecule has 0 saturated carbocycles. The second kappa shape index (κ2) is 9.66. The summed E-state index contributed by atoms with van der Waals surface area (Å²) in [6.07, 6.45) is 0. The predicted molar refractivity (Wildman–Crippen MR) is 140 cm³/mol. The third-order valence-corrected chi connectivity index (χ3v) is 20.8. The predicted octanol–water partition coefficient (Wildman–Crippen LogP) is 6.32. The van der Waals surface area contributed by atoms with Crippen molar-refractivity contribution >= 4 is 38.9 Å². The van der Waals surface area contributed by atoms with Gasteiger partial charge in [-0.05, 0) is 86.9 Å². The van der Waals surface area contributed by atoms with Gasteiger partial charge in [-0.25, -0.2) is 0 Å². The lowest BCUT2D eigenvalue weighted by Crippen LogP contribution is -2.59. The summed E-state index contributed by atoms with van der Waals surface area (Å²) in [5, 5.41) is 10.2. The van der Waals surface area contributed by atoms with Crippen molar-refractivity contribution in [1.29, 1.82) is 5.26 Å². The first-order valence-corrected chi connectivity index (χ1v) is 22.6. The second-order valence-corrected chi connectivity index (χ2v) is 25.9. The average molecular weight is 488 g/mol. The molecule has 0 atom stereocenters. The molecule has 31 heavy (non-hydrogen) atoms. The maximum absolute atomic E-state index is 8.99. The van der Waals surface area contributed by atoms with Crippen LogP contribution in [0.4, 0.5) is 0 Å². The highest BCUT2D eigenvalue weighted by Gasteiger charge is 2.43. The molecule has 2 rings (SSSR count). The standard InChI is InChI=1S/C23H37NO3Si4/c1-10-28(2,3)25-30(6,7)27-31(8,9)26-29(4,5)23-17-15-22(16-18-23)21-13-11-20(19-24)12-14-21/h11-18H,10H2,1-9H3. The SMILES string of the molecule is CC[Si](C)(C)O[Si](C)(C)O[Si](C)(C)O[Si](C)(C)c1ccc(-c2ccc(C#N)cc2)cc1. The van der Waals surface area contributed by atoms with Gasteiger partial charge in [0.1, 0.15) is 0 Å². The van der Waals surface area contributed by atoms with Crippen LogP contribution in [0.1, 0.15) is 12.5 Å². The molecule has 2 aromatic carbocycles. The summed E-state index contributed by atoms with van der Waals surface area (Å²) in [4.78, 5) is 0. The molecule has 0 amide bonds. The van der Waals surface area contributed by atoms with E-state index in [-0.39, 0.29) is 0 Å². The van der Waals surface area contributed by atoms with Crippen LogP contribution in [-0.4, -0.2) is 33.8 Å². The molecule has 0 aliphatic carbocycles. The van der Waals surface area contributed by atoms with Crippen LogP contribution < -0.4 is 5.19 Å². The Morgan fingerprint density at radius 2 is 1.13 bits per heavy atom. The van der Waals surface area contributed by atoms with Crippen molar-refractivity contribution in [3.8, 4) is 17.2 Å². The molecule has 0 spiro atoms. The molecule has 0 saturated heterocycles. The van der Waals surface area contributed by atoms with Crippen molar-refractivity contribution in [3.05, 3.63) is 54.1 Å². The van der Waals surface area contributed by atoms with Crippen LogP contribution in [0.25, 0.3) is 11.1 Å². The van der Waals surface area contributed by atoms with Crippen LogP contribution in [-0.2, 0) is 12.3 Å². The van der Waals surface area contributed by atoms with Crippen molar-refractivity contribution in [2.75, 3.05) is 0 Å². The van der Waals surface area contributed by atoms with Gasteiger partial charge >= 0.3 is 17.1 Å². The minimum absolute atomic E-state index is 0.676. The molecule has 8 heteroatoms. The Morgan fingerprint density at radius 1 is 0.677 bits per heavy atom. The lowest BCUT2D eigenvalue weighted by atomic mass is 10.0. The topological polar surface area (TPSA) is 51.5 Å². The molecule has 0 bridgehead atoms. The summed E-state index contributed by atoms with van der Waals surface area (Å²) in [7, 11) is -8.46. The van der Waals surface area contributed by atoms with E-state index in [2.05, 4.69) is 89.6 Å². The molecule has 0 aliphatic heterocycles. The summed E-state index contributed by atoms with van der Waals surface area (Å²) in [5.41, 5.74) is 2.92. The average Bonchev–Trinajstić information content (AvgIpc) is 2.65. The van der Waals surface area contributed by atoms with Crippen LogP contribution in [0.5, 0.6) is 0 Å². The van der Waals surface area contributed by atoms with Gasteiger partial charge in [-0.3, -0.25) is 0 Å². The van der Waals surface area contributed by atoms with Gasteiger partial charge in [-0.1, -0.05) is 43.3 Å². The Hall–Kier alpha value is -1.32. The van der Waals surface area contributed by atoms with Crippen LogP contribution in [0.15, 0.2) is 48.5 Å². The molecular weight excluding hydrogens is 451 g/mol. The fourth-order valence-corrected chi connectivity index (χ4v) is 21.9. The summed E-state index contributed by atoms with van der Waals surface area (Å²) in [6.45, 7) is 19.8. The van der Waals surface area contributed by atoms with Gasteiger partial charge in [0.05, 0.1) is 11.6 Å². The van der Waals surface area contributed by atoms with Gasteiger partial charge in [0.15, 0.2) is 8.32 Å². The van der Waals surface area contributed by atoms with Crippen molar-refractivity contribution < 1.29 is 12.3 Å². The van der Waals surface area contributed by atoms with E-state index >= 15 is 0 Å². The van der Waals surface area contributed by atoms with E-state index in [0.29, 0.717) is 5.56 Å². The Kier molecular flexibility index (Phi) is 8.08. The van der Waals surface area contributed by atoms with Crippen molar-refractivity contribution in [3.63, 3.8) is 0 Å². The summed E-state index contributed by atoms with van der Waals surface area (Å²) in [5.74, 6) is 0. The van der Waals surface area contributed by atoms with Crippen molar-refractivity contribution in [2.24, 2.45) is 0 Å². The summed E-state index contributed by atoms with van der Waals surface area (Å²) in [6, 6.07) is 19.6. The molecular formula is C23H37NO3Si4. The minimum Gasteiger partial charge on any atom is -0.436 e. The lowest BCUT2D eigenvalue weighted by molar-refractivity contribution is 0.331. The summed E-state index contributed by atoms with van der Waals surface area (Å²) < 4.78 is 19.9. The Balaban J connectivity index is 2.14. The Morgan fingerprint density at radius 3 is 1.58 bits per heavy atom. The monoisotopic (exact) mass is 487 g/mol. The second-order valence-electron chi connectivity index (χ2n) is 10.00. The molecule has 0 aromatic heterocycles. The fourth-order valence-electron chi connectivity index (χ4n) is 3.85. The smallest absolute Gasteiger partial charge is 0.312 e. The zero-order valence-corrected chi connectivity index (χ0v) is 24.5. The maximum Gasteiger partial charge on any atom is 0.312 e. The van der Waals surface area contributed by atoms with Gasteiger partial charge in [0.2, 0.25) is 8.32 Å². The van der Waals surface area contributed by atoms with Crippen molar-refractivity contribution in [1.82, 2.24) is 0 Å². The number of nitriles is 1. The molecule has 2 aromatic rings. The van der Waals surface area contributed by atoms with Crippen molar-refractivity contribution in [2.45, 2.75) is 65.3 Å². The third-order valence-electron chi connectivity index (χ3n) is 5.29. The van der Waals surface area contributed by atoms with Crippen LogP contribution in [0, 0.1) is 11.3 Å². The molecule has 0 aliphatic rings. The van der Waals surface area contributed by atoms with E-state index in [1.807, 2.05) is 24.3 Å². The zero-order chi connectivity index (χ0) is 23.5. The van der Waals surface area contributed by atoms with Gasteiger partial charge in [-0.15, -0.1) is 0 Å². The quantitative estimate of drug-likeness (QED) is 0.389. The normalized spacial score (nSPS) is 13.2. The largest absolute Gasteiger partial charge is 0.436 e. The van der Waals surface area contributed by atoms with Crippen LogP contribution in [0.2, 0.25) is 58.4 Å². The fraction of sp³-hybridized carbons (Fsp3) is 0.435. The minimum atomic E-state index is -2.37. The number of hydrogen-bond acceptors (Lipinski definition) is 4. The third kappa shape index (κ3) is 7.64. The molecule has 0 radical (unpaired) electrons. The first-order valence-electron chi connectivity index (χ1n) is 10.9. The molecule has 4 nitrogen and oxygen atoms in total. The first-order chi connectivity index (χ1) is 14.2. The lowest BCUT2D eigenvalue weighted by Gasteiger charge is -2.41.